The molecule has 1 rings (SSSR count). The maximum atomic E-state index is 12.0. The van der Waals surface area contributed by atoms with Crippen molar-refractivity contribution in [3.63, 3.8) is 0 Å². The monoisotopic (exact) mass is 266 g/mol. The number of carbonyl (C=O) groups is 1. The van der Waals surface area contributed by atoms with Gasteiger partial charge in [-0.05, 0) is 46.9 Å². The lowest BCUT2D eigenvalue weighted by atomic mass is 10.3. The van der Waals surface area contributed by atoms with Gasteiger partial charge in [0.05, 0.1) is 5.69 Å². The number of nitrogens with two attached hydrogens (primary N) is 1. The standard InChI is InChI=1S/C14H26N4O/c1-5-18-10-12(15)9-13(18)14(19)16-7-6-8-17(4)11(2)3/h9-11H,5-8,15H2,1-4H3,(H,16,19). The molecule has 1 heterocycles. The molecule has 0 unspecified atom stereocenters. The topological polar surface area (TPSA) is 63.3 Å². The number of nitrogen functional groups attached to an aromatic ring is 1. The summed E-state index contributed by atoms with van der Waals surface area (Å²) in [7, 11) is 2.09. The Morgan fingerprint density at radius 1 is 1.53 bits per heavy atom. The van der Waals surface area contributed by atoms with Crippen molar-refractivity contribution in [3.05, 3.63) is 18.0 Å². The molecule has 108 valence electrons. The predicted molar refractivity (Wildman–Crippen MR) is 79.2 cm³/mol. The second-order valence-corrected chi connectivity index (χ2v) is 5.13. The molecule has 0 spiro atoms. The van der Waals surface area contributed by atoms with Crippen LogP contribution in [0.15, 0.2) is 12.3 Å². The highest BCUT2D eigenvalue weighted by Gasteiger charge is 2.11. The Bertz CT molecular complexity index is 412. The van der Waals surface area contributed by atoms with E-state index in [2.05, 4.69) is 31.1 Å². The molecule has 0 fully saturated rings. The number of nitrogens with one attached hydrogen (secondary N) is 1. The van der Waals surface area contributed by atoms with Crippen LogP contribution in [0.4, 0.5) is 5.69 Å². The van der Waals surface area contributed by atoms with Gasteiger partial charge in [-0.25, -0.2) is 0 Å². The normalized spacial score (nSPS) is 11.3. The zero-order valence-electron chi connectivity index (χ0n) is 12.4. The predicted octanol–water partition coefficient (Wildman–Crippen LogP) is 1.55. The third kappa shape index (κ3) is 4.59. The SMILES string of the molecule is CCn1cc(N)cc1C(=O)NCCCN(C)C(C)C. The lowest BCUT2D eigenvalue weighted by Gasteiger charge is -2.20. The Hall–Kier alpha value is -1.49. The Labute approximate surface area is 115 Å². The van der Waals surface area contributed by atoms with Crippen LogP contribution in [0, 0.1) is 0 Å². The van der Waals surface area contributed by atoms with E-state index in [4.69, 9.17) is 5.73 Å². The first-order valence-corrected chi connectivity index (χ1v) is 6.89. The zero-order valence-corrected chi connectivity index (χ0v) is 12.4. The summed E-state index contributed by atoms with van der Waals surface area (Å²) in [5.41, 5.74) is 6.98. The van der Waals surface area contributed by atoms with Gasteiger partial charge < -0.3 is 20.5 Å². The van der Waals surface area contributed by atoms with Gasteiger partial charge in [0.2, 0.25) is 0 Å². The van der Waals surface area contributed by atoms with Gasteiger partial charge in [-0.15, -0.1) is 0 Å². The lowest BCUT2D eigenvalue weighted by molar-refractivity contribution is 0.0942. The minimum absolute atomic E-state index is 0.0502. The first-order valence-electron chi connectivity index (χ1n) is 6.89. The molecule has 0 bridgehead atoms. The number of aryl methyl sites for hydroxylation is 1. The fraction of sp³-hybridized carbons (Fsp3) is 0.643. The summed E-state index contributed by atoms with van der Waals surface area (Å²) >= 11 is 0. The van der Waals surface area contributed by atoms with Crippen LogP contribution >= 0.6 is 0 Å². The largest absolute Gasteiger partial charge is 0.397 e. The number of rotatable bonds is 7. The number of anilines is 1. The number of carbonyl (C=O) groups excluding carboxylic acids is 1. The number of aromatic nitrogens is 1. The molecule has 0 atom stereocenters. The molecule has 0 aliphatic heterocycles. The van der Waals surface area contributed by atoms with Crippen LogP contribution in [-0.4, -0.2) is 41.6 Å². The summed E-state index contributed by atoms with van der Waals surface area (Å²) in [6.45, 7) is 8.73. The summed E-state index contributed by atoms with van der Waals surface area (Å²) in [4.78, 5) is 14.3. The van der Waals surface area contributed by atoms with Crippen LogP contribution in [0.25, 0.3) is 0 Å². The summed E-state index contributed by atoms with van der Waals surface area (Å²) in [5.74, 6) is -0.0502. The van der Waals surface area contributed by atoms with Gasteiger partial charge in [-0.2, -0.15) is 0 Å². The van der Waals surface area contributed by atoms with Crippen molar-refractivity contribution in [2.24, 2.45) is 0 Å². The molecule has 5 heteroatoms. The van der Waals surface area contributed by atoms with Crippen LogP contribution in [0.1, 0.15) is 37.7 Å². The van der Waals surface area contributed by atoms with Gasteiger partial charge in [-0.3, -0.25) is 4.79 Å². The average Bonchev–Trinajstić information content (AvgIpc) is 2.75. The molecule has 0 aromatic carbocycles. The highest BCUT2D eigenvalue weighted by Crippen LogP contribution is 2.10. The third-order valence-corrected chi connectivity index (χ3v) is 3.35. The highest BCUT2D eigenvalue weighted by molar-refractivity contribution is 5.93. The molecule has 1 amide bonds. The maximum Gasteiger partial charge on any atom is 0.267 e. The van der Waals surface area contributed by atoms with Crippen molar-refractivity contribution in [2.45, 2.75) is 39.8 Å². The number of hydrogen-bond donors (Lipinski definition) is 2. The summed E-state index contributed by atoms with van der Waals surface area (Å²) in [6.07, 6.45) is 2.74. The van der Waals surface area contributed by atoms with E-state index in [-0.39, 0.29) is 5.91 Å². The maximum absolute atomic E-state index is 12.0. The molecule has 19 heavy (non-hydrogen) atoms. The van der Waals surface area contributed by atoms with Crippen molar-refractivity contribution in [2.75, 3.05) is 25.9 Å². The van der Waals surface area contributed by atoms with E-state index in [0.29, 0.717) is 24.0 Å². The number of hydrogen-bond acceptors (Lipinski definition) is 3. The average molecular weight is 266 g/mol. The Kier molecular flexibility index (Phi) is 5.89. The second kappa shape index (κ2) is 7.19. The van der Waals surface area contributed by atoms with Gasteiger partial charge in [0.1, 0.15) is 5.69 Å². The van der Waals surface area contributed by atoms with Crippen LogP contribution in [0.5, 0.6) is 0 Å². The molecule has 0 saturated carbocycles. The summed E-state index contributed by atoms with van der Waals surface area (Å²) in [5, 5.41) is 2.94. The van der Waals surface area contributed by atoms with E-state index in [9.17, 15) is 4.79 Å². The molecule has 1 aromatic heterocycles. The van der Waals surface area contributed by atoms with E-state index in [0.717, 1.165) is 19.5 Å². The van der Waals surface area contributed by atoms with Gasteiger partial charge >= 0.3 is 0 Å². The van der Waals surface area contributed by atoms with Gasteiger partial charge in [0, 0.05) is 25.3 Å². The van der Waals surface area contributed by atoms with Crippen molar-refractivity contribution in [1.29, 1.82) is 0 Å². The van der Waals surface area contributed by atoms with Crippen LogP contribution in [-0.2, 0) is 6.54 Å². The molecule has 1 aromatic rings. The molecule has 0 saturated heterocycles. The minimum Gasteiger partial charge on any atom is -0.397 e. The first-order chi connectivity index (χ1) is 8.95. The van der Waals surface area contributed by atoms with Gasteiger partial charge in [-0.1, -0.05) is 0 Å². The molecule has 0 radical (unpaired) electrons. The minimum atomic E-state index is -0.0502. The molecule has 0 aliphatic carbocycles. The van der Waals surface area contributed by atoms with Crippen LogP contribution in [0.2, 0.25) is 0 Å². The van der Waals surface area contributed by atoms with E-state index >= 15 is 0 Å². The van der Waals surface area contributed by atoms with E-state index in [1.807, 2.05) is 11.5 Å². The molecular formula is C14H26N4O. The van der Waals surface area contributed by atoms with Crippen molar-refractivity contribution >= 4 is 11.6 Å². The Morgan fingerprint density at radius 3 is 2.79 bits per heavy atom. The summed E-state index contributed by atoms with van der Waals surface area (Å²) < 4.78 is 1.87. The van der Waals surface area contributed by atoms with Crippen molar-refractivity contribution < 1.29 is 4.79 Å². The van der Waals surface area contributed by atoms with Crippen LogP contribution in [0.3, 0.4) is 0 Å². The lowest BCUT2D eigenvalue weighted by Crippen LogP contribution is -2.32. The molecular weight excluding hydrogens is 240 g/mol. The van der Waals surface area contributed by atoms with Crippen LogP contribution < -0.4 is 11.1 Å². The van der Waals surface area contributed by atoms with E-state index in [1.54, 1.807) is 12.3 Å². The highest BCUT2D eigenvalue weighted by atomic mass is 16.1. The Balaban J connectivity index is 2.39. The zero-order chi connectivity index (χ0) is 14.4. The van der Waals surface area contributed by atoms with E-state index in [1.165, 1.54) is 0 Å². The smallest absolute Gasteiger partial charge is 0.267 e. The molecule has 0 aliphatic rings. The number of amides is 1. The third-order valence-electron chi connectivity index (χ3n) is 3.35. The Morgan fingerprint density at radius 2 is 2.21 bits per heavy atom. The molecule has 5 nitrogen and oxygen atoms in total. The fourth-order valence-corrected chi connectivity index (χ4v) is 1.86. The van der Waals surface area contributed by atoms with Crippen molar-refractivity contribution in [1.82, 2.24) is 14.8 Å². The molecule has 3 N–H and O–H groups in total. The second-order valence-electron chi connectivity index (χ2n) is 5.13. The fourth-order valence-electron chi connectivity index (χ4n) is 1.86. The quantitative estimate of drug-likeness (QED) is 0.736. The van der Waals surface area contributed by atoms with E-state index < -0.39 is 0 Å². The van der Waals surface area contributed by atoms with Crippen molar-refractivity contribution in [3.8, 4) is 0 Å². The number of nitrogens with zero attached hydrogens (tertiary/aromatic N) is 2. The summed E-state index contributed by atoms with van der Waals surface area (Å²) in [6, 6.07) is 2.26. The first kappa shape index (κ1) is 15.6. The van der Waals surface area contributed by atoms with Gasteiger partial charge in [0.25, 0.3) is 5.91 Å². The van der Waals surface area contributed by atoms with Gasteiger partial charge in [0.15, 0.2) is 0 Å².